The predicted octanol–water partition coefficient (Wildman–Crippen LogP) is 2.28. The van der Waals surface area contributed by atoms with Gasteiger partial charge in [-0.25, -0.2) is 0 Å². The van der Waals surface area contributed by atoms with E-state index in [1.54, 1.807) is 30.3 Å². The van der Waals surface area contributed by atoms with E-state index in [0.29, 0.717) is 5.56 Å². The molecule has 1 rings (SSSR count). The maximum Gasteiger partial charge on any atom is 0.197 e. The summed E-state index contributed by atoms with van der Waals surface area (Å²) in [5.74, 6) is -1.94. The van der Waals surface area contributed by atoms with E-state index in [0.717, 1.165) is 0 Å². The first kappa shape index (κ1) is 12.6. The molecule has 2 nitrogen and oxygen atoms in total. The number of carboxylic acids is 1. The van der Waals surface area contributed by atoms with Gasteiger partial charge in [0.05, 0.1) is 0 Å². The number of carboxylic acid groups (broad SMARTS) is 1. The van der Waals surface area contributed by atoms with Crippen LogP contribution in [0.3, 0.4) is 0 Å². The molecule has 0 aliphatic heterocycles. The van der Waals surface area contributed by atoms with Crippen molar-refractivity contribution in [3.63, 3.8) is 0 Å². The van der Waals surface area contributed by atoms with E-state index >= 15 is 0 Å². The first-order chi connectivity index (χ1) is 6.91. The molecule has 0 bridgehead atoms. The molecule has 15 heavy (non-hydrogen) atoms. The molecule has 1 atom stereocenters. The van der Waals surface area contributed by atoms with Gasteiger partial charge in [-0.2, -0.15) is 0 Å². The summed E-state index contributed by atoms with van der Waals surface area (Å²) in [7, 11) is 0. The number of hydrogen-bond donors (Lipinski definition) is 0. The van der Waals surface area contributed by atoms with Gasteiger partial charge in [-0.15, -0.1) is 0 Å². The molecule has 0 N–H and O–H groups in total. The van der Waals surface area contributed by atoms with Gasteiger partial charge in [0.1, 0.15) is 0 Å². The number of alkyl halides is 3. The highest BCUT2D eigenvalue weighted by Crippen LogP contribution is 2.43. The number of rotatable bonds is 3. The van der Waals surface area contributed by atoms with Crippen LogP contribution in [-0.2, 0) is 4.79 Å². The van der Waals surface area contributed by atoms with Crippen molar-refractivity contribution in [2.45, 2.75) is 16.1 Å². The first-order valence-electron chi connectivity index (χ1n) is 4.23. The normalized spacial score (nSPS) is 13.5. The van der Waals surface area contributed by atoms with Crippen LogP contribution in [0.4, 0.5) is 0 Å². The van der Waals surface area contributed by atoms with E-state index in [9.17, 15) is 9.90 Å². The van der Waals surface area contributed by atoms with Crippen LogP contribution >= 0.6 is 34.8 Å². The fourth-order valence-electron chi connectivity index (χ4n) is 1.27. The Labute approximate surface area is 103 Å². The second-order valence-corrected chi connectivity index (χ2v) is 5.45. The number of carbonyl (C=O) groups excluding carboxylic acids is 1. The molecular formula is C10H8Cl3O2-. The van der Waals surface area contributed by atoms with Crippen LogP contribution in [0.2, 0.25) is 0 Å². The Balaban J connectivity index is 2.97. The minimum atomic E-state index is -1.65. The topological polar surface area (TPSA) is 40.1 Å². The van der Waals surface area contributed by atoms with E-state index in [1.807, 2.05) is 0 Å². The van der Waals surface area contributed by atoms with E-state index in [-0.39, 0.29) is 6.42 Å². The van der Waals surface area contributed by atoms with Crippen LogP contribution in [-0.4, -0.2) is 9.76 Å². The summed E-state index contributed by atoms with van der Waals surface area (Å²) >= 11 is 17.2. The Morgan fingerprint density at radius 1 is 1.27 bits per heavy atom. The molecule has 0 radical (unpaired) electrons. The van der Waals surface area contributed by atoms with Gasteiger partial charge < -0.3 is 9.90 Å². The molecule has 0 saturated carbocycles. The number of carbonyl (C=O) groups is 1. The Morgan fingerprint density at radius 3 is 2.20 bits per heavy atom. The molecule has 0 amide bonds. The fourth-order valence-corrected chi connectivity index (χ4v) is 1.88. The van der Waals surface area contributed by atoms with Gasteiger partial charge >= 0.3 is 0 Å². The zero-order valence-electron chi connectivity index (χ0n) is 7.62. The molecule has 0 saturated heterocycles. The third kappa shape index (κ3) is 3.90. The second kappa shape index (κ2) is 5.06. The Hall–Kier alpha value is -0.440. The molecular weight excluding hydrogens is 258 g/mol. The molecule has 5 heteroatoms. The van der Waals surface area contributed by atoms with Crippen LogP contribution in [0.1, 0.15) is 17.9 Å². The van der Waals surface area contributed by atoms with Crippen molar-refractivity contribution in [2.24, 2.45) is 0 Å². The Bertz CT molecular complexity index is 332. The fraction of sp³-hybridized carbons (Fsp3) is 0.300. The molecule has 0 heterocycles. The van der Waals surface area contributed by atoms with Gasteiger partial charge in [0.15, 0.2) is 3.79 Å². The standard InChI is InChI=1S/C10H9Cl3O2/c11-10(12,13)8(6-9(14)15)7-4-2-1-3-5-7/h1-5,8H,6H2,(H,14,15)/p-1. The maximum atomic E-state index is 10.5. The molecule has 1 aromatic rings. The molecule has 0 spiro atoms. The highest BCUT2D eigenvalue weighted by atomic mass is 35.6. The zero-order valence-corrected chi connectivity index (χ0v) is 9.89. The van der Waals surface area contributed by atoms with Crippen molar-refractivity contribution in [1.82, 2.24) is 0 Å². The van der Waals surface area contributed by atoms with Gasteiger partial charge in [0.2, 0.25) is 0 Å². The summed E-state index contributed by atoms with van der Waals surface area (Å²) < 4.78 is -1.65. The van der Waals surface area contributed by atoms with Crippen LogP contribution in [0.5, 0.6) is 0 Å². The SMILES string of the molecule is O=C([O-])CC(c1ccccc1)C(Cl)(Cl)Cl. The summed E-state index contributed by atoms with van der Waals surface area (Å²) in [6, 6.07) is 8.75. The minimum absolute atomic E-state index is 0.319. The highest BCUT2D eigenvalue weighted by molar-refractivity contribution is 6.68. The number of benzene rings is 1. The lowest BCUT2D eigenvalue weighted by molar-refractivity contribution is -0.306. The summed E-state index contributed by atoms with van der Waals surface area (Å²) in [6.07, 6.45) is -0.319. The summed E-state index contributed by atoms with van der Waals surface area (Å²) in [5, 5.41) is 10.5. The average molecular weight is 267 g/mol. The van der Waals surface area contributed by atoms with Crippen molar-refractivity contribution < 1.29 is 9.90 Å². The lowest BCUT2D eigenvalue weighted by Crippen LogP contribution is -2.29. The highest BCUT2D eigenvalue weighted by Gasteiger charge is 2.33. The first-order valence-corrected chi connectivity index (χ1v) is 5.36. The zero-order chi connectivity index (χ0) is 11.5. The molecule has 0 aliphatic rings. The molecule has 1 unspecified atom stereocenters. The number of hydrogen-bond acceptors (Lipinski definition) is 2. The summed E-state index contributed by atoms with van der Waals surface area (Å²) in [5.41, 5.74) is 0.668. The molecule has 0 aliphatic carbocycles. The van der Waals surface area contributed by atoms with Crippen LogP contribution in [0.15, 0.2) is 30.3 Å². The Morgan fingerprint density at radius 2 is 1.80 bits per heavy atom. The summed E-state index contributed by atoms with van der Waals surface area (Å²) in [4.78, 5) is 10.5. The van der Waals surface area contributed by atoms with Gasteiger partial charge in [-0.1, -0.05) is 65.1 Å². The molecule has 1 aromatic carbocycles. The van der Waals surface area contributed by atoms with E-state index in [4.69, 9.17) is 34.8 Å². The second-order valence-electron chi connectivity index (χ2n) is 3.08. The molecule has 0 fully saturated rings. The van der Waals surface area contributed by atoms with Crippen molar-refractivity contribution in [3.05, 3.63) is 35.9 Å². The van der Waals surface area contributed by atoms with Crippen molar-refractivity contribution in [1.29, 1.82) is 0 Å². The third-order valence-electron chi connectivity index (χ3n) is 1.97. The number of halogens is 3. The van der Waals surface area contributed by atoms with E-state index in [1.165, 1.54) is 0 Å². The van der Waals surface area contributed by atoms with E-state index < -0.39 is 15.7 Å². The minimum Gasteiger partial charge on any atom is -0.550 e. The van der Waals surface area contributed by atoms with Crippen molar-refractivity contribution in [2.75, 3.05) is 0 Å². The van der Waals surface area contributed by atoms with Crippen LogP contribution < -0.4 is 5.11 Å². The number of aliphatic carboxylic acids is 1. The quantitative estimate of drug-likeness (QED) is 0.788. The smallest absolute Gasteiger partial charge is 0.197 e. The van der Waals surface area contributed by atoms with Gasteiger partial charge in [0.25, 0.3) is 0 Å². The third-order valence-corrected chi connectivity index (χ3v) is 2.76. The molecule has 82 valence electrons. The average Bonchev–Trinajstić information content (AvgIpc) is 2.14. The van der Waals surface area contributed by atoms with E-state index in [2.05, 4.69) is 0 Å². The predicted molar refractivity (Wildman–Crippen MR) is 59.1 cm³/mol. The lowest BCUT2D eigenvalue weighted by Gasteiger charge is -2.25. The van der Waals surface area contributed by atoms with Crippen molar-refractivity contribution >= 4 is 40.8 Å². The van der Waals surface area contributed by atoms with Gasteiger partial charge in [-0.3, -0.25) is 0 Å². The molecule has 0 aromatic heterocycles. The van der Waals surface area contributed by atoms with Gasteiger partial charge in [-0.05, 0) is 12.0 Å². The largest absolute Gasteiger partial charge is 0.550 e. The van der Waals surface area contributed by atoms with Crippen molar-refractivity contribution in [3.8, 4) is 0 Å². The monoisotopic (exact) mass is 265 g/mol. The lowest BCUT2D eigenvalue weighted by atomic mass is 9.97. The maximum absolute atomic E-state index is 10.5. The Kier molecular flexibility index (Phi) is 4.26. The van der Waals surface area contributed by atoms with Crippen LogP contribution in [0, 0.1) is 0 Å². The van der Waals surface area contributed by atoms with Crippen LogP contribution in [0.25, 0.3) is 0 Å². The summed E-state index contributed by atoms with van der Waals surface area (Å²) in [6.45, 7) is 0. The van der Waals surface area contributed by atoms with Gasteiger partial charge in [0, 0.05) is 11.9 Å².